The number of fused-ring (bicyclic) bond motifs is 2. The fraction of sp³-hybridized carbons (Fsp3) is 0.655. The topological polar surface area (TPSA) is 124 Å². The Morgan fingerprint density at radius 3 is 2.61 bits per heavy atom. The summed E-state index contributed by atoms with van der Waals surface area (Å²) in [6.45, 7) is 6.43. The molecule has 9 atom stereocenters. The van der Waals surface area contributed by atoms with Gasteiger partial charge in [0.05, 0.1) is 36.9 Å². The molecule has 0 amide bonds. The number of hydrogen-bond donors (Lipinski definition) is 2. The van der Waals surface area contributed by atoms with Gasteiger partial charge in [0.2, 0.25) is 0 Å². The molecule has 4 bridgehead atoms. The number of cyclic esters (lactones) is 1. The number of hydrogen-bond acceptors (Lipinski definition) is 9. The molecule has 0 unspecified atom stereocenters. The van der Waals surface area contributed by atoms with Crippen LogP contribution in [0.2, 0.25) is 0 Å². The molecule has 6 aliphatic rings. The van der Waals surface area contributed by atoms with Gasteiger partial charge in [-0.3, -0.25) is 0 Å². The van der Waals surface area contributed by atoms with Crippen LogP contribution in [0.5, 0.6) is 0 Å². The number of carbonyl (C=O) groups is 2. The largest absolute Gasteiger partial charge is 0.462 e. The molecule has 38 heavy (non-hydrogen) atoms. The van der Waals surface area contributed by atoms with Gasteiger partial charge in [0.15, 0.2) is 0 Å². The fourth-order valence-corrected chi connectivity index (χ4v) is 7.68. The molecule has 0 radical (unpaired) electrons. The fourth-order valence-electron chi connectivity index (χ4n) is 7.68. The highest BCUT2D eigenvalue weighted by atomic mass is 16.6. The molecule has 1 saturated carbocycles. The second kappa shape index (κ2) is 8.86. The van der Waals surface area contributed by atoms with E-state index < -0.39 is 52.3 Å². The summed E-state index contributed by atoms with van der Waals surface area (Å²) in [5, 5.41) is 21.7. The maximum absolute atomic E-state index is 13.2. The van der Waals surface area contributed by atoms with Crippen LogP contribution in [-0.4, -0.2) is 83.7 Å². The summed E-state index contributed by atoms with van der Waals surface area (Å²) in [5.74, 6) is -1.10. The first-order valence-corrected chi connectivity index (χ1v) is 13.5. The van der Waals surface area contributed by atoms with Gasteiger partial charge >= 0.3 is 11.9 Å². The predicted molar refractivity (Wildman–Crippen MR) is 134 cm³/mol. The highest BCUT2D eigenvalue weighted by Crippen LogP contribution is 2.72. The third-order valence-electron chi connectivity index (χ3n) is 10.1. The third-order valence-corrected chi connectivity index (χ3v) is 10.1. The van der Waals surface area contributed by atoms with E-state index in [0.717, 1.165) is 6.42 Å². The Hall–Kier alpha value is -2.30. The molecule has 0 aromatic rings. The van der Waals surface area contributed by atoms with Gasteiger partial charge in [-0.1, -0.05) is 30.7 Å². The lowest BCUT2D eigenvalue weighted by Crippen LogP contribution is -2.66. The van der Waals surface area contributed by atoms with Crippen molar-refractivity contribution in [3.63, 3.8) is 0 Å². The number of allylic oxidation sites excluding steroid dienone is 3. The molecule has 2 spiro atoms. The first-order valence-electron chi connectivity index (χ1n) is 13.5. The van der Waals surface area contributed by atoms with Crippen LogP contribution in [0.15, 0.2) is 47.6 Å². The summed E-state index contributed by atoms with van der Waals surface area (Å²) in [6.07, 6.45) is 8.21. The van der Waals surface area contributed by atoms with Crippen molar-refractivity contribution in [1.29, 1.82) is 0 Å². The van der Waals surface area contributed by atoms with E-state index in [1.165, 1.54) is 36.8 Å². The van der Waals surface area contributed by atoms with Crippen molar-refractivity contribution in [2.24, 2.45) is 10.8 Å². The van der Waals surface area contributed by atoms with E-state index in [1.807, 2.05) is 0 Å². The maximum atomic E-state index is 13.2. The molecular weight excluding hydrogens is 492 g/mol. The monoisotopic (exact) mass is 528 g/mol. The van der Waals surface area contributed by atoms with Crippen molar-refractivity contribution in [3.8, 4) is 0 Å². The first kappa shape index (κ1) is 26.0. The number of rotatable bonds is 1. The molecule has 3 saturated heterocycles. The zero-order valence-electron chi connectivity index (χ0n) is 22.1. The molecule has 206 valence electrons. The van der Waals surface area contributed by atoms with E-state index in [9.17, 15) is 19.8 Å². The maximum Gasteiger partial charge on any atom is 0.331 e. The van der Waals surface area contributed by atoms with E-state index in [1.54, 1.807) is 6.08 Å². The van der Waals surface area contributed by atoms with Crippen LogP contribution in [0.25, 0.3) is 0 Å². The van der Waals surface area contributed by atoms with Gasteiger partial charge in [-0.25, -0.2) is 9.59 Å². The SMILES string of the molecule is CC1=C[C@@H]2O[C@H]3C[C@@H]4OC(=O)/C=C\C=C\[C@]5([C@H](C)O)OCC/C(=C\C(=O)OC[C@]2(CC1)[C@@]4(C)[C@@]31CO1)[C@H]5O. The standard InChI is InChI=1S/C29H36O9/c1-17-7-10-27-15-34-24(32)13-19-8-11-35-28(18(2)30,25(19)33)9-5-4-6-23(31)38-20-14-22(37-21(27)12-17)29(16-36-29)26(20,27)3/h4-6,9,12-13,18,20-22,25,30,33H,7-8,10-11,14-16H2,1-3H3/b6-4-,9-5+,19-13+/t18-,20-,21-,22-,25+,26-,27-,28+,29+/m0/s1. The van der Waals surface area contributed by atoms with Crippen LogP contribution in [0.3, 0.4) is 0 Å². The minimum Gasteiger partial charge on any atom is -0.462 e. The Morgan fingerprint density at radius 1 is 1.08 bits per heavy atom. The van der Waals surface area contributed by atoms with E-state index in [-0.39, 0.29) is 25.4 Å². The van der Waals surface area contributed by atoms with E-state index in [0.29, 0.717) is 31.4 Å². The van der Waals surface area contributed by atoms with Gasteiger partial charge < -0.3 is 33.9 Å². The predicted octanol–water partition coefficient (Wildman–Crippen LogP) is 2.07. The zero-order valence-corrected chi connectivity index (χ0v) is 22.1. The van der Waals surface area contributed by atoms with Crippen molar-refractivity contribution in [2.75, 3.05) is 19.8 Å². The molecule has 4 aliphatic heterocycles. The van der Waals surface area contributed by atoms with Crippen LogP contribution in [-0.2, 0) is 33.3 Å². The highest BCUT2D eigenvalue weighted by molar-refractivity contribution is 5.83. The number of ether oxygens (including phenoxy) is 5. The van der Waals surface area contributed by atoms with Crippen LogP contribution in [0.1, 0.15) is 46.5 Å². The third kappa shape index (κ3) is 3.48. The summed E-state index contributed by atoms with van der Waals surface area (Å²) >= 11 is 0. The van der Waals surface area contributed by atoms with Gasteiger partial charge in [0, 0.05) is 24.0 Å². The van der Waals surface area contributed by atoms with E-state index >= 15 is 0 Å². The molecule has 4 heterocycles. The van der Waals surface area contributed by atoms with Crippen LogP contribution in [0.4, 0.5) is 0 Å². The Balaban J connectivity index is 1.44. The molecule has 2 N–H and O–H groups in total. The van der Waals surface area contributed by atoms with Crippen LogP contribution >= 0.6 is 0 Å². The number of aliphatic hydroxyl groups is 2. The summed E-state index contributed by atoms with van der Waals surface area (Å²) < 4.78 is 30.6. The van der Waals surface area contributed by atoms with Crippen molar-refractivity contribution < 1.29 is 43.5 Å². The second-order valence-corrected chi connectivity index (χ2v) is 11.8. The Labute approximate surface area is 222 Å². The van der Waals surface area contributed by atoms with Crippen LogP contribution < -0.4 is 0 Å². The average molecular weight is 529 g/mol. The lowest BCUT2D eigenvalue weighted by molar-refractivity contribution is -0.232. The lowest BCUT2D eigenvalue weighted by atomic mass is 9.51. The van der Waals surface area contributed by atoms with Gasteiger partial charge in [-0.2, -0.15) is 0 Å². The smallest absolute Gasteiger partial charge is 0.331 e. The molecule has 4 fully saturated rings. The quantitative estimate of drug-likeness (QED) is 0.299. The number of carbonyl (C=O) groups excluding carboxylic acids is 2. The molecule has 0 aromatic heterocycles. The molecule has 0 aromatic carbocycles. The Kier molecular flexibility index (Phi) is 6.05. The summed E-state index contributed by atoms with van der Waals surface area (Å²) in [7, 11) is 0. The lowest BCUT2D eigenvalue weighted by Gasteiger charge is -2.58. The highest BCUT2D eigenvalue weighted by Gasteiger charge is 2.83. The van der Waals surface area contributed by atoms with Crippen molar-refractivity contribution in [2.45, 2.75) is 88.2 Å². The van der Waals surface area contributed by atoms with Gasteiger partial charge in [-0.05, 0) is 44.8 Å². The average Bonchev–Trinajstić information content (AvgIpc) is 3.65. The zero-order chi connectivity index (χ0) is 26.9. The van der Waals surface area contributed by atoms with Gasteiger partial charge in [-0.15, -0.1) is 0 Å². The number of esters is 2. The van der Waals surface area contributed by atoms with Gasteiger partial charge in [0.1, 0.15) is 30.0 Å². The van der Waals surface area contributed by atoms with Crippen molar-refractivity contribution >= 4 is 11.9 Å². The van der Waals surface area contributed by atoms with Crippen molar-refractivity contribution in [3.05, 3.63) is 47.6 Å². The molecule has 6 rings (SSSR count). The van der Waals surface area contributed by atoms with E-state index in [4.69, 9.17) is 23.7 Å². The second-order valence-electron chi connectivity index (χ2n) is 11.8. The summed E-state index contributed by atoms with van der Waals surface area (Å²) in [5.41, 5.74) is -1.76. The van der Waals surface area contributed by atoms with Gasteiger partial charge in [0.25, 0.3) is 0 Å². The first-order chi connectivity index (χ1) is 18.1. The Bertz CT molecular complexity index is 1150. The summed E-state index contributed by atoms with van der Waals surface area (Å²) in [6, 6.07) is 0. The number of aliphatic hydroxyl groups excluding tert-OH is 2. The molecule has 9 heteroatoms. The normalized spacial score (nSPS) is 50.0. The van der Waals surface area contributed by atoms with Crippen LogP contribution in [0, 0.1) is 10.8 Å². The van der Waals surface area contributed by atoms with Crippen molar-refractivity contribution in [1.82, 2.24) is 0 Å². The minimum atomic E-state index is -1.47. The molecule has 2 aliphatic carbocycles. The van der Waals surface area contributed by atoms with E-state index in [2.05, 4.69) is 19.9 Å². The summed E-state index contributed by atoms with van der Waals surface area (Å²) in [4.78, 5) is 26.2. The molecular formula is C29H36O9. The molecule has 9 nitrogen and oxygen atoms in total. The minimum absolute atomic E-state index is 0.0519. The Morgan fingerprint density at radius 2 is 1.87 bits per heavy atom. The number of epoxide rings is 1.